The van der Waals surface area contributed by atoms with Crippen LogP contribution in [0.15, 0.2) is 23.4 Å². The van der Waals surface area contributed by atoms with Gasteiger partial charge in [0.25, 0.3) is 0 Å². The Bertz CT molecular complexity index is 447. The van der Waals surface area contributed by atoms with Gasteiger partial charge < -0.3 is 15.2 Å². The number of hydrazone groups is 1. The first-order valence-electron chi connectivity index (χ1n) is 5.01. The molecule has 0 fully saturated rings. The zero-order chi connectivity index (χ0) is 13.4. The first-order valence-corrected chi connectivity index (χ1v) is 5.41. The number of carbonyl (C=O) groups excluding carboxylic acids is 1. The van der Waals surface area contributed by atoms with E-state index in [1.54, 1.807) is 19.1 Å². The lowest BCUT2D eigenvalue weighted by molar-refractivity contribution is 0.104. The summed E-state index contributed by atoms with van der Waals surface area (Å²) < 4.78 is 9.44. The number of pyridine rings is 1. The van der Waals surface area contributed by atoms with Crippen LogP contribution in [0.1, 0.15) is 12.6 Å². The van der Waals surface area contributed by atoms with E-state index in [2.05, 4.69) is 32.5 Å². The van der Waals surface area contributed by atoms with Crippen LogP contribution in [0, 0.1) is 0 Å². The Labute approximate surface area is 109 Å². The lowest BCUT2D eigenvalue weighted by atomic mass is 10.3. The van der Waals surface area contributed by atoms with Crippen molar-refractivity contribution in [1.29, 1.82) is 0 Å². The van der Waals surface area contributed by atoms with E-state index in [-0.39, 0.29) is 17.5 Å². The molecular weight excluding hydrogens is 256 g/mol. The molecule has 0 bridgehead atoms. The Morgan fingerprint density at radius 3 is 3.00 bits per heavy atom. The maximum Gasteiger partial charge on any atom is 0.513 e. The number of thiocarbonyl (C=S) groups is 1. The van der Waals surface area contributed by atoms with Crippen molar-refractivity contribution in [3.05, 3.63) is 24.0 Å². The quantitative estimate of drug-likeness (QED) is 0.360. The highest BCUT2D eigenvalue weighted by Gasteiger charge is 2.04. The number of rotatable bonds is 4. The van der Waals surface area contributed by atoms with E-state index < -0.39 is 6.16 Å². The number of nitrogens with two attached hydrogens (primary N) is 1. The van der Waals surface area contributed by atoms with Crippen LogP contribution in [-0.2, 0) is 4.74 Å². The van der Waals surface area contributed by atoms with Crippen LogP contribution in [0.3, 0.4) is 0 Å². The summed E-state index contributed by atoms with van der Waals surface area (Å²) >= 11 is 4.57. The number of ether oxygens (including phenoxy) is 2. The molecule has 0 unspecified atom stereocenters. The van der Waals surface area contributed by atoms with Crippen LogP contribution >= 0.6 is 12.2 Å². The van der Waals surface area contributed by atoms with Crippen molar-refractivity contribution in [2.45, 2.75) is 6.92 Å². The molecule has 1 aromatic heterocycles. The van der Waals surface area contributed by atoms with Gasteiger partial charge in [0.15, 0.2) is 10.9 Å². The molecule has 0 aliphatic rings. The summed E-state index contributed by atoms with van der Waals surface area (Å²) in [6, 6.07) is 3.17. The van der Waals surface area contributed by atoms with E-state index >= 15 is 0 Å². The molecule has 0 spiro atoms. The molecule has 0 aliphatic carbocycles. The number of nitrogens with zero attached hydrogens (tertiary/aromatic N) is 2. The minimum absolute atomic E-state index is 0.0634. The van der Waals surface area contributed by atoms with Crippen LogP contribution in [-0.4, -0.2) is 29.1 Å². The molecule has 1 aromatic rings. The van der Waals surface area contributed by atoms with E-state index in [0.717, 1.165) is 0 Å². The summed E-state index contributed by atoms with van der Waals surface area (Å²) in [4.78, 5) is 15.0. The Balaban J connectivity index is 2.54. The zero-order valence-electron chi connectivity index (χ0n) is 9.62. The Morgan fingerprint density at radius 1 is 1.67 bits per heavy atom. The van der Waals surface area contributed by atoms with Crippen LogP contribution in [0.25, 0.3) is 0 Å². The maximum atomic E-state index is 11.0. The van der Waals surface area contributed by atoms with Gasteiger partial charge in [-0.25, -0.2) is 4.79 Å². The highest BCUT2D eigenvalue weighted by molar-refractivity contribution is 7.80. The Kier molecular flexibility index (Phi) is 5.52. The summed E-state index contributed by atoms with van der Waals surface area (Å²) in [5.41, 5.74) is 8.12. The lowest BCUT2D eigenvalue weighted by Crippen LogP contribution is -2.24. The van der Waals surface area contributed by atoms with E-state index in [4.69, 9.17) is 10.5 Å². The Hall–Kier alpha value is -2.22. The predicted molar refractivity (Wildman–Crippen MR) is 69.4 cm³/mol. The van der Waals surface area contributed by atoms with Gasteiger partial charge in [-0.05, 0) is 31.3 Å². The molecule has 0 aromatic carbocycles. The fourth-order valence-corrected chi connectivity index (χ4v) is 0.987. The van der Waals surface area contributed by atoms with Crippen molar-refractivity contribution in [2.75, 3.05) is 6.61 Å². The molecule has 0 aliphatic heterocycles. The van der Waals surface area contributed by atoms with E-state index in [9.17, 15) is 4.79 Å². The van der Waals surface area contributed by atoms with Gasteiger partial charge in [0.05, 0.1) is 24.7 Å². The second-order valence-electron chi connectivity index (χ2n) is 2.94. The lowest BCUT2D eigenvalue weighted by Gasteiger charge is -2.03. The van der Waals surface area contributed by atoms with Gasteiger partial charge in [-0.1, -0.05) is 0 Å². The summed E-state index contributed by atoms with van der Waals surface area (Å²) in [6.45, 7) is 1.94. The fraction of sp³-hybridized carbons (Fsp3) is 0.200. The zero-order valence-corrected chi connectivity index (χ0v) is 10.4. The highest BCUT2D eigenvalue weighted by atomic mass is 32.1. The number of aromatic nitrogens is 1. The molecule has 0 amide bonds. The van der Waals surface area contributed by atoms with Crippen molar-refractivity contribution in [3.8, 4) is 5.75 Å². The molecule has 18 heavy (non-hydrogen) atoms. The number of hydrogen-bond acceptors (Lipinski definition) is 6. The Morgan fingerprint density at radius 2 is 2.44 bits per heavy atom. The molecule has 0 saturated heterocycles. The number of nitrogens with one attached hydrogen (secondary N) is 1. The fourth-order valence-electron chi connectivity index (χ4n) is 0.934. The van der Waals surface area contributed by atoms with Gasteiger partial charge in [-0.3, -0.25) is 10.4 Å². The summed E-state index contributed by atoms with van der Waals surface area (Å²) in [6.07, 6.45) is 2.03. The van der Waals surface area contributed by atoms with Gasteiger partial charge in [0.2, 0.25) is 0 Å². The van der Waals surface area contributed by atoms with Gasteiger partial charge in [-0.2, -0.15) is 5.10 Å². The first kappa shape index (κ1) is 13.8. The molecule has 0 radical (unpaired) electrons. The van der Waals surface area contributed by atoms with Crippen molar-refractivity contribution >= 4 is 29.7 Å². The molecule has 1 rings (SSSR count). The number of carbonyl (C=O) groups is 1. The minimum Gasteiger partial charge on any atom is -0.434 e. The third kappa shape index (κ3) is 5.21. The van der Waals surface area contributed by atoms with Gasteiger partial charge in [0.1, 0.15) is 0 Å². The third-order valence-corrected chi connectivity index (χ3v) is 1.69. The summed E-state index contributed by atoms with van der Waals surface area (Å²) in [5.74, 6) is 0.285. The van der Waals surface area contributed by atoms with Gasteiger partial charge >= 0.3 is 6.16 Å². The number of hydrogen-bond donors (Lipinski definition) is 2. The molecule has 96 valence electrons. The molecule has 3 N–H and O–H groups in total. The van der Waals surface area contributed by atoms with Crippen molar-refractivity contribution in [1.82, 2.24) is 10.4 Å². The van der Waals surface area contributed by atoms with Crippen molar-refractivity contribution < 1.29 is 14.3 Å². The largest absolute Gasteiger partial charge is 0.513 e. The molecule has 1 heterocycles. The van der Waals surface area contributed by atoms with Crippen molar-refractivity contribution in [3.63, 3.8) is 0 Å². The molecule has 8 heteroatoms. The second-order valence-corrected chi connectivity index (χ2v) is 3.38. The molecule has 0 atom stereocenters. The molecule has 0 saturated carbocycles. The smallest absolute Gasteiger partial charge is 0.434 e. The van der Waals surface area contributed by atoms with Crippen LogP contribution < -0.4 is 15.9 Å². The van der Waals surface area contributed by atoms with Crippen LogP contribution in [0.2, 0.25) is 0 Å². The monoisotopic (exact) mass is 268 g/mol. The normalized spacial score (nSPS) is 10.1. The van der Waals surface area contributed by atoms with Gasteiger partial charge in [-0.15, -0.1) is 0 Å². The second kappa shape index (κ2) is 7.17. The average Bonchev–Trinajstić information content (AvgIpc) is 2.31. The highest BCUT2D eigenvalue weighted by Crippen LogP contribution is 2.09. The SMILES string of the molecule is CCOC(=O)Oc1ccc(/C=N/NC(N)=S)nc1. The predicted octanol–water partition coefficient (Wildman–Crippen LogP) is 0.784. The molecular formula is C10H12N4O3S. The first-order chi connectivity index (χ1) is 8.61. The minimum atomic E-state index is -0.768. The third-order valence-electron chi connectivity index (χ3n) is 1.59. The topological polar surface area (TPSA) is 98.8 Å². The van der Waals surface area contributed by atoms with Crippen LogP contribution in [0.5, 0.6) is 5.75 Å². The maximum absolute atomic E-state index is 11.0. The summed E-state index contributed by atoms with van der Waals surface area (Å²) in [7, 11) is 0. The van der Waals surface area contributed by atoms with E-state index in [0.29, 0.717) is 5.69 Å². The van der Waals surface area contributed by atoms with E-state index in [1.165, 1.54) is 12.4 Å². The average molecular weight is 268 g/mol. The van der Waals surface area contributed by atoms with E-state index in [1.807, 2.05) is 0 Å². The van der Waals surface area contributed by atoms with Crippen LogP contribution in [0.4, 0.5) is 4.79 Å². The van der Waals surface area contributed by atoms with Crippen molar-refractivity contribution in [2.24, 2.45) is 10.8 Å². The summed E-state index contributed by atoms with van der Waals surface area (Å²) in [5, 5.41) is 3.79. The van der Waals surface area contributed by atoms with Gasteiger partial charge in [0, 0.05) is 0 Å². The standard InChI is InChI=1S/C10H12N4O3S/c1-2-16-10(15)17-8-4-3-7(12-6-8)5-13-14-9(11)18/h3-6H,2H2,1H3,(H3,11,14,18)/b13-5+. The molecule has 7 nitrogen and oxygen atoms in total.